The van der Waals surface area contributed by atoms with Crippen LogP contribution in [-0.4, -0.2) is 24.2 Å². The Morgan fingerprint density at radius 1 is 1.69 bits per heavy atom. The summed E-state index contributed by atoms with van der Waals surface area (Å²) in [6.07, 6.45) is 2.90. The highest BCUT2D eigenvalue weighted by Crippen LogP contribution is 2.22. The van der Waals surface area contributed by atoms with Crippen molar-refractivity contribution in [1.29, 1.82) is 0 Å². The van der Waals surface area contributed by atoms with Gasteiger partial charge >= 0.3 is 5.97 Å². The predicted octanol–water partition coefficient (Wildman–Crippen LogP) is 2.48. The van der Waals surface area contributed by atoms with E-state index in [1.807, 2.05) is 0 Å². The van der Waals surface area contributed by atoms with Crippen LogP contribution in [0.4, 0.5) is 0 Å². The number of ether oxygens (including phenoxy) is 2. The summed E-state index contributed by atoms with van der Waals surface area (Å²) in [5, 5.41) is 0.257. The molecule has 0 aliphatic rings. The number of nitrogens with zero attached hydrogens (tertiary/aromatic N) is 1. The smallest absolute Gasteiger partial charge is 0.343 e. The summed E-state index contributed by atoms with van der Waals surface area (Å²) in [6.45, 7) is 5.83. The summed E-state index contributed by atoms with van der Waals surface area (Å²) >= 11 is 5.71. The molecule has 1 rings (SSSR count). The number of hydrogen-bond donors (Lipinski definition) is 0. The molecule has 0 atom stereocenters. The van der Waals surface area contributed by atoms with Gasteiger partial charge in [0.1, 0.15) is 23.1 Å². The van der Waals surface area contributed by atoms with Crippen molar-refractivity contribution >= 4 is 17.6 Å². The molecule has 0 radical (unpaired) electrons. The average Bonchev–Trinajstić information content (AvgIpc) is 2.26. The number of carbonyl (C=O) groups excluding carboxylic acids is 1. The number of pyridine rings is 1. The third-order valence-corrected chi connectivity index (χ3v) is 1.89. The Kier molecular flexibility index (Phi) is 4.79. The molecule has 0 aromatic carbocycles. The van der Waals surface area contributed by atoms with Crippen LogP contribution in [0.1, 0.15) is 17.3 Å². The molecule has 1 aromatic heterocycles. The molecule has 0 bridgehead atoms. The first-order valence-corrected chi connectivity index (χ1v) is 5.13. The van der Waals surface area contributed by atoms with E-state index in [0.29, 0.717) is 12.4 Å². The van der Waals surface area contributed by atoms with Crippen molar-refractivity contribution in [3.05, 3.63) is 35.6 Å². The van der Waals surface area contributed by atoms with Gasteiger partial charge in [-0.1, -0.05) is 24.3 Å². The van der Waals surface area contributed by atoms with Gasteiger partial charge in [-0.2, -0.15) is 0 Å². The lowest BCUT2D eigenvalue weighted by molar-refractivity contribution is 0.0521. The molecule has 0 N–H and O–H groups in total. The van der Waals surface area contributed by atoms with Crippen LogP contribution in [0.25, 0.3) is 0 Å². The molecule has 0 unspecified atom stereocenters. The van der Waals surface area contributed by atoms with E-state index in [0.717, 1.165) is 0 Å². The molecule has 1 aromatic rings. The fourth-order valence-electron chi connectivity index (χ4n) is 1.04. The molecular formula is C11H12ClNO3. The van der Waals surface area contributed by atoms with Crippen LogP contribution in [0.15, 0.2) is 24.9 Å². The second kappa shape index (κ2) is 6.12. The minimum absolute atomic E-state index is 0.257. The topological polar surface area (TPSA) is 48.4 Å². The number of aromatic nitrogens is 1. The van der Waals surface area contributed by atoms with Crippen molar-refractivity contribution in [2.45, 2.75) is 6.92 Å². The predicted molar refractivity (Wildman–Crippen MR) is 60.9 cm³/mol. The lowest BCUT2D eigenvalue weighted by Gasteiger charge is -2.09. The summed E-state index contributed by atoms with van der Waals surface area (Å²) in [6, 6.07) is 1.47. The van der Waals surface area contributed by atoms with E-state index in [-0.39, 0.29) is 17.3 Å². The first-order chi connectivity index (χ1) is 7.69. The molecule has 5 heteroatoms. The summed E-state index contributed by atoms with van der Waals surface area (Å²) in [5.74, 6) is -0.135. The molecule has 0 aliphatic heterocycles. The van der Waals surface area contributed by atoms with Crippen LogP contribution in [0.2, 0.25) is 5.15 Å². The normalized spacial score (nSPS) is 9.62. The van der Waals surface area contributed by atoms with Gasteiger partial charge in [0.15, 0.2) is 0 Å². The largest absolute Gasteiger partial charge is 0.488 e. The zero-order valence-electron chi connectivity index (χ0n) is 8.90. The molecule has 1 heterocycles. The Labute approximate surface area is 98.8 Å². The Balaban J connectivity index is 2.96. The third kappa shape index (κ3) is 3.24. The lowest BCUT2D eigenvalue weighted by Crippen LogP contribution is -2.08. The fourth-order valence-corrected chi connectivity index (χ4v) is 1.19. The Hall–Kier alpha value is -1.55. The standard InChI is InChI=1S/C11H12ClNO3/c1-3-5-16-9-6-10(12)13-7-8(9)11(14)15-4-2/h3,6-7H,1,4-5H2,2H3. The SMILES string of the molecule is C=CCOc1cc(Cl)ncc1C(=O)OCC. The summed E-state index contributed by atoms with van der Waals surface area (Å²) in [7, 11) is 0. The van der Waals surface area contributed by atoms with Crippen LogP contribution in [-0.2, 0) is 4.74 Å². The highest BCUT2D eigenvalue weighted by Gasteiger charge is 2.14. The van der Waals surface area contributed by atoms with Gasteiger partial charge in [0, 0.05) is 12.3 Å². The number of carbonyl (C=O) groups is 1. The van der Waals surface area contributed by atoms with E-state index in [1.54, 1.807) is 13.0 Å². The molecule has 0 fully saturated rings. The number of halogens is 1. The minimum atomic E-state index is -0.481. The summed E-state index contributed by atoms with van der Waals surface area (Å²) in [4.78, 5) is 15.3. The fraction of sp³-hybridized carbons (Fsp3) is 0.273. The molecule has 0 saturated carbocycles. The van der Waals surface area contributed by atoms with E-state index in [9.17, 15) is 4.79 Å². The molecule has 0 saturated heterocycles. The number of hydrogen-bond acceptors (Lipinski definition) is 4. The van der Waals surface area contributed by atoms with Gasteiger partial charge in [-0.3, -0.25) is 0 Å². The van der Waals surface area contributed by atoms with Gasteiger partial charge < -0.3 is 9.47 Å². The van der Waals surface area contributed by atoms with Gasteiger partial charge in [0.2, 0.25) is 0 Å². The van der Waals surface area contributed by atoms with Crippen molar-refractivity contribution in [2.24, 2.45) is 0 Å². The molecule has 0 spiro atoms. The Morgan fingerprint density at radius 3 is 3.06 bits per heavy atom. The minimum Gasteiger partial charge on any atom is -0.488 e. The van der Waals surface area contributed by atoms with Crippen molar-refractivity contribution in [2.75, 3.05) is 13.2 Å². The van der Waals surface area contributed by atoms with E-state index < -0.39 is 5.97 Å². The first kappa shape index (κ1) is 12.5. The molecule has 4 nitrogen and oxygen atoms in total. The molecular weight excluding hydrogens is 230 g/mol. The summed E-state index contributed by atoms with van der Waals surface area (Å²) < 4.78 is 10.2. The second-order valence-corrected chi connectivity index (χ2v) is 3.21. The third-order valence-electron chi connectivity index (χ3n) is 1.68. The molecule has 16 heavy (non-hydrogen) atoms. The maximum Gasteiger partial charge on any atom is 0.343 e. The zero-order chi connectivity index (χ0) is 12.0. The van der Waals surface area contributed by atoms with Crippen LogP contribution >= 0.6 is 11.6 Å². The van der Waals surface area contributed by atoms with Crippen molar-refractivity contribution < 1.29 is 14.3 Å². The average molecular weight is 242 g/mol. The lowest BCUT2D eigenvalue weighted by atomic mass is 10.2. The highest BCUT2D eigenvalue weighted by atomic mass is 35.5. The maximum atomic E-state index is 11.5. The second-order valence-electron chi connectivity index (χ2n) is 2.82. The number of rotatable bonds is 5. The number of esters is 1. The van der Waals surface area contributed by atoms with Gasteiger partial charge in [0.25, 0.3) is 0 Å². The van der Waals surface area contributed by atoms with E-state index in [2.05, 4.69) is 11.6 Å². The highest BCUT2D eigenvalue weighted by molar-refractivity contribution is 6.29. The van der Waals surface area contributed by atoms with Gasteiger partial charge in [-0.15, -0.1) is 0 Å². The van der Waals surface area contributed by atoms with Gasteiger partial charge in [-0.25, -0.2) is 9.78 Å². The Morgan fingerprint density at radius 2 is 2.44 bits per heavy atom. The zero-order valence-corrected chi connectivity index (χ0v) is 9.66. The Bertz CT molecular complexity index is 393. The van der Waals surface area contributed by atoms with E-state index in [4.69, 9.17) is 21.1 Å². The first-order valence-electron chi connectivity index (χ1n) is 4.75. The van der Waals surface area contributed by atoms with Crippen LogP contribution in [0, 0.1) is 0 Å². The van der Waals surface area contributed by atoms with E-state index >= 15 is 0 Å². The van der Waals surface area contributed by atoms with Crippen LogP contribution in [0.5, 0.6) is 5.75 Å². The quantitative estimate of drug-likeness (QED) is 0.451. The molecule has 86 valence electrons. The summed E-state index contributed by atoms with van der Waals surface area (Å²) in [5.41, 5.74) is 0.258. The van der Waals surface area contributed by atoms with Crippen molar-refractivity contribution in [3.63, 3.8) is 0 Å². The van der Waals surface area contributed by atoms with Crippen LogP contribution < -0.4 is 4.74 Å². The monoisotopic (exact) mass is 241 g/mol. The van der Waals surface area contributed by atoms with Crippen LogP contribution in [0.3, 0.4) is 0 Å². The van der Waals surface area contributed by atoms with Crippen molar-refractivity contribution in [3.8, 4) is 5.75 Å². The molecule has 0 aliphatic carbocycles. The molecule has 0 amide bonds. The van der Waals surface area contributed by atoms with Gasteiger partial charge in [-0.05, 0) is 6.92 Å². The maximum absolute atomic E-state index is 11.5. The van der Waals surface area contributed by atoms with Crippen molar-refractivity contribution in [1.82, 2.24) is 4.98 Å². The van der Waals surface area contributed by atoms with E-state index in [1.165, 1.54) is 12.3 Å². The van der Waals surface area contributed by atoms with Gasteiger partial charge in [0.05, 0.1) is 6.61 Å².